The number of rotatable bonds is 1. The van der Waals surface area contributed by atoms with Crippen LogP contribution < -0.4 is 0 Å². The molecule has 1 N–H and O–H groups in total. The third kappa shape index (κ3) is 1.90. The summed E-state index contributed by atoms with van der Waals surface area (Å²) in [5.41, 5.74) is 0.874. The van der Waals surface area contributed by atoms with Gasteiger partial charge in [0, 0.05) is 18.3 Å². The second-order valence-electron chi connectivity index (χ2n) is 9.25. The van der Waals surface area contributed by atoms with Crippen molar-refractivity contribution in [1.29, 1.82) is 0 Å². The minimum absolute atomic E-state index is 0.0355. The van der Waals surface area contributed by atoms with Gasteiger partial charge in [0.05, 0.1) is 0 Å². The van der Waals surface area contributed by atoms with E-state index in [1.165, 1.54) is 0 Å². The number of hydrogen-bond donors (Lipinski definition) is 1. The monoisotopic (exact) mass is 330 g/mol. The highest BCUT2D eigenvalue weighted by atomic mass is 16.3. The van der Waals surface area contributed by atoms with E-state index in [9.17, 15) is 14.7 Å². The summed E-state index contributed by atoms with van der Waals surface area (Å²) < 4.78 is 0. The summed E-state index contributed by atoms with van der Waals surface area (Å²) in [5, 5.41) is 10.4. The third-order valence-electron chi connectivity index (χ3n) is 8.46. The lowest BCUT2D eigenvalue weighted by molar-refractivity contribution is -0.133. The van der Waals surface area contributed by atoms with E-state index in [4.69, 9.17) is 0 Å². The highest BCUT2D eigenvalue weighted by Gasteiger charge is 2.62. The van der Waals surface area contributed by atoms with Crippen LogP contribution in [0.4, 0.5) is 0 Å². The normalized spacial score (nSPS) is 48.1. The molecule has 4 aliphatic carbocycles. The average molecular weight is 330 g/mol. The van der Waals surface area contributed by atoms with Crippen LogP contribution in [-0.4, -0.2) is 16.7 Å². The first-order valence-electron chi connectivity index (χ1n) is 9.82. The number of hydrogen-bond acceptors (Lipinski definition) is 3. The average Bonchev–Trinajstić information content (AvgIpc) is 2.82. The van der Waals surface area contributed by atoms with Crippen molar-refractivity contribution in [2.45, 2.75) is 72.1 Å². The van der Waals surface area contributed by atoms with Crippen molar-refractivity contribution in [3.63, 3.8) is 0 Å². The Hall–Kier alpha value is -1.12. The van der Waals surface area contributed by atoms with Crippen LogP contribution in [0.5, 0.6) is 0 Å². The predicted molar refractivity (Wildman–Crippen MR) is 92.5 cm³/mol. The van der Waals surface area contributed by atoms with Crippen LogP contribution in [0.25, 0.3) is 0 Å². The van der Waals surface area contributed by atoms with Crippen molar-refractivity contribution >= 4 is 11.6 Å². The molecule has 24 heavy (non-hydrogen) atoms. The van der Waals surface area contributed by atoms with Gasteiger partial charge < -0.3 is 5.11 Å². The van der Waals surface area contributed by atoms with Gasteiger partial charge in [-0.3, -0.25) is 9.59 Å². The predicted octanol–water partition coefficient (Wildman–Crippen LogP) is 4.61. The van der Waals surface area contributed by atoms with E-state index in [1.807, 2.05) is 0 Å². The number of Topliss-reactive ketones (excluding diaryl/α,β-unsaturated/α-hetero) is 2. The van der Waals surface area contributed by atoms with Crippen LogP contribution in [-0.2, 0) is 9.59 Å². The summed E-state index contributed by atoms with van der Waals surface area (Å²) in [6.07, 6.45) is 7.16. The van der Waals surface area contributed by atoms with E-state index in [2.05, 4.69) is 20.8 Å². The maximum atomic E-state index is 12.7. The molecule has 0 aromatic rings. The van der Waals surface area contributed by atoms with Crippen LogP contribution in [0.15, 0.2) is 11.3 Å². The Morgan fingerprint density at radius 2 is 1.83 bits per heavy atom. The molecule has 0 bridgehead atoms. The zero-order chi connectivity index (χ0) is 17.3. The van der Waals surface area contributed by atoms with Gasteiger partial charge in [0.1, 0.15) is 5.78 Å². The summed E-state index contributed by atoms with van der Waals surface area (Å²) >= 11 is 0. The number of aliphatic hydroxyl groups is 1. The summed E-state index contributed by atoms with van der Waals surface area (Å²) in [4.78, 5) is 24.7. The van der Waals surface area contributed by atoms with Crippen LogP contribution >= 0.6 is 0 Å². The second-order valence-corrected chi connectivity index (χ2v) is 9.25. The van der Waals surface area contributed by atoms with Crippen molar-refractivity contribution in [2.24, 2.45) is 34.5 Å². The molecule has 132 valence electrons. The van der Waals surface area contributed by atoms with E-state index in [-0.39, 0.29) is 22.4 Å². The summed E-state index contributed by atoms with van der Waals surface area (Å²) in [5.74, 6) is 2.64. The Balaban J connectivity index is 1.75. The topological polar surface area (TPSA) is 54.4 Å². The molecule has 0 aromatic carbocycles. The van der Waals surface area contributed by atoms with Crippen LogP contribution in [0.2, 0.25) is 0 Å². The van der Waals surface area contributed by atoms with Gasteiger partial charge in [-0.1, -0.05) is 27.2 Å². The van der Waals surface area contributed by atoms with Gasteiger partial charge in [-0.05, 0) is 66.8 Å². The van der Waals surface area contributed by atoms with Gasteiger partial charge in [-0.25, -0.2) is 0 Å². The molecule has 3 nitrogen and oxygen atoms in total. The molecular weight excluding hydrogens is 300 g/mol. The number of aliphatic hydroxyl groups excluding tert-OH is 1. The van der Waals surface area contributed by atoms with E-state index < -0.39 is 0 Å². The summed E-state index contributed by atoms with van der Waals surface area (Å²) in [7, 11) is 0. The fraction of sp³-hybridized carbons (Fsp3) is 0.810. The van der Waals surface area contributed by atoms with Gasteiger partial charge in [0.25, 0.3) is 0 Å². The van der Waals surface area contributed by atoms with E-state index in [0.29, 0.717) is 35.9 Å². The van der Waals surface area contributed by atoms with E-state index >= 15 is 0 Å². The standard InChI is InChI=1S/C21H30O3/c1-4-12-11-17(23)21(3)9-7-14-13(18(12)21)5-6-15-19(24)16(22)8-10-20(14,15)2/h12-14,18,24H,4-11H2,1-3H3/t12?,13-,14-,18+,20-,21-/m1/s1. The Morgan fingerprint density at radius 3 is 2.54 bits per heavy atom. The molecule has 3 saturated carbocycles. The number of carbonyl (C=O) groups is 2. The van der Waals surface area contributed by atoms with Crippen LogP contribution in [0.1, 0.15) is 72.1 Å². The zero-order valence-electron chi connectivity index (χ0n) is 15.2. The fourth-order valence-electron chi connectivity index (χ4n) is 7.13. The maximum Gasteiger partial charge on any atom is 0.197 e. The lowest BCUT2D eigenvalue weighted by atomic mass is 9.46. The number of carbonyl (C=O) groups excluding carboxylic acids is 2. The second kappa shape index (κ2) is 5.19. The highest BCUT2D eigenvalue weighted by Crippen LogP contribution is 2.66. The molecule has 0 saturated heterocycles. The Morgan fingerprint density at radius 1 is 1.08 bits per heavy atom. The van der Waals surface area contributed by atoms with Gasteiger partial charge in [0.2, 0.25) is 0 Å². The van der Waals surface area contributed by atoms with Gasteiger partial charge in [0.15, 0.2) is 11.5 Å². The number of allylic oxidation sites excluding steroid dienone is 1. The van der Waals surface area contributed by atoms with Crippen LogP contribution in [0, 0.1) is 34.5 Å². The lowest BCUT2D eigenvalue weighted by Crippen LogP contribution is -2.52. The summed E-state index contributed by atoms with van der Waals surface area (Å²) in [6.45, 7) is 6.73. The largest absolute Gasteiger partial charge is 0.504 e. The van der Waals surface area contributed by atoms with Crippen LogP contribution in [0.3, 0.4) is 0 Å². The summed E-state index contributed by atoms with van der Waals surface area (Å²) in [6, 6.07) is 0. The van der Waals surface area contributed by atoms with Crippen molar-refractivity contribution in [1.82, 2.24) is 0 Å². The smallest absolute Gasteiger partial charge is 0.197 e. The minimum Gasteiger partial charge on any atom is -0.504 e. The minimum atomic E-state index is -0.119. The molecule has 4 aliphatic rings. The van der Waals surface area contributed by atoms with Gasteiger partial charge >= 0.3 is 0 Å². The molecule has 0 spiro atoms. The highest BCUT2D eigenvalue weighted by molar-refractivity contribution is 5.95. The van der Waals surface area contributed by atoms with Crippen molar-refractivity contribution in [3.05, 3.63) is 11.3 Å². The van der Waals surface area contributed by atoms with Crippen molar-refractivity contribution in [3.8, 4) is 0 Å². The molecule has 6 atom stereocenters. The van der Waals surface area contributed by atoms with E-state index in [1.54, 1.807) is 0 Å². The Labute approximate surface area is 144 Å². The molecule has 3 fully saturated rings. The molecule has 3 heteroatoms. The molecule has 0 amide bonds. The van der Waals surface area contributed by atoms with E-state index in [0.717, 1.165) is 50.5 Å². The number of fused-ring (bicyclic) bond motifs is 5. The Bertz CT molecular complexity index is 633. The quantitative estimate of drug-likeness (QED) is 0.764. The van der Waals surface area contributed by atoms with Gasteiger partial charge in [-0.2, -0.15) is 0 Å². The molecule has 0 heterocycles. The SMILES string of the molecule is CCC1CC(=O)[C@@]2(C)CC[C@@H]3[C@@H](CCC4=C(O)C(=O)CC[C@@]43C)[C@H]12. The van der Waals surface area contributed by atoms with Gasteiger partial charge in [-0.15, -0.1) is 0 Å². The fourth-order valence-corrected chi connectivity index (χ4v) is 7.13. The molecule has 1 unspecified atom stereocenters. The first kappa shape index (κ1) is 16.4. The molecule has 0 radical (unpaired) electrons. The molecule has 0 aromatic heterocycles. The lowest BCUT2D eigenvalue weighted by Gasteiger charge is -2.57. The Kier molecular flexibility index (Phi) is 3.54. The first-order chi connectivity index (χ1) is 11.3. The van der Waals surface area contributed by atoms with Crippen molar-refractivity contribution < 1.29 is 14.7 Å². The molecule has 0 aliphatic heterocycles. The first-order valence-corrected chi connectivity index (χ1v) is 9.82. The third-order valence-corrected chi connectivity index (χ3v) is 8.46. The zero-order valence-corrected chi connectivity index (χ0v) is 15.2. The molecular formula is C21H30O3. The van der Waals surface area contributed by atoms with Crippen molar-refractivity contribution in [2.75, 3.05) is 0 Å². The molecule has 4 rings (SSSR count). The number of ketones is 2. The maximum absolute atomic E-state index is 12.7.